The summed E-state index contributed by atoms with van der Waals surface area (Å²) < 4.78 is 37.9. The number of anilines is 1. The molecule has 1 amide bonds. The van der Waals surface area contributed by atoms with Crippen molar-refractivity contribution in [1.82, 2.24) is 5.32 Å². The SMILES string of the molecule is CCOc1cccc(N(CC(=O)N[C@H]2CC(CC)(CC)Oc3ccccc32)S(C)(=O)=O)c1. The number of para-hydroxylation sites is 1. The highest BCUT2D eigenvalue weighted by molar-refractivity contribution is 7.92. The zero-order valence-corrected chi connectivity index (χ0v) is 19.9. The summed E-state index contributed by atoms with van der Waals surface area (Å²) in [6.07, 6.45) is 3.34. The molecule has 0 spiro atoms. The van der Waals surface area contributed by atoms with Gasteiger partial charge in [0.25, 0.3) is 0 Å². The smallest absolute Gasteiger partial charge is 0.241 e. The predicted molar refractivity (Wildman–Crippen MR) is 126 cm³/mol. The van der Waals surface area contributed by atoms with Crippen LogP contribution < -0.4 is 19.1 Å². The maximum Gasteiger partial charge on any atom is 0.241 e. The maximum absolute atomic E-state index is 13.1. The summed E-state index contributed by atoms with van der Waals surface area (Å²) >= 11 is 0. The topological polar surface area (TPSA) is 84.9 Å². The second-order valence-corrected chi connectivity index (χ2v) is 9.96. The van der Waals surface area contributed by atoms with Gasteiger partial charge in [0.05, 0.1) is 24.6 Å². The fourth-order valence-electron chi connectivity index (χ4n) is 4.10. The van der Waals surface area contributed by atoms with Crippen molar-refractivity contribution in [2.45, 2.75) is 51.7 Å². The number of rotatable bonds is 9. The lowest BCUT2D eigenvalue weighted by molar-refractivity contribution is -0.121. The molecule has 0 aromatic heterocycles. The fraction of sp³-hybridized carbons (Fsp3) is 0.458. The van der Waals surface area contributed by atoms with Gasteiger partial charge in [0.2, 0.25) is 15.9 Å². The highest BCUT2D eigenvalue weighted by Crippen LogP contribution is 2.42. The third-order valence-electron chi connectivity index (χ3n) is 5.93. The van der Waals surface area contributed by atoms with Crippen LogP contribution in [-0.4, -0.2) is 39.3 Å². The molecule has 0 fully saturated rings. The number of nitrogens with zero attached hydrogens (tertiary/aromatic N) is 1. The molecule has 0 unspecified atom stereocenters. The van der Waals surface area contributed by atoms with Gasteiger partial charge in [-0.1, -0.05) is 38.1 Å². The number of hydrogen-bond acceptors (Lipinski definition) is 5. The predicted octanol–water partition coefficient (Wildman–Crippen LogP) is 4.05. The van der Waals surface area contributed by atoms with Crippen molar-refractivity contribution < 1.29 is 22.7 Å². The number of fused-ring (bicyclic) bond motifs is 1. The number of nitrogens with one attached hydrogen (secondary N) is 1. The van der Waals surface area contributed by atoms with Gasteiger partial charge in [-0.05, 0) is 38.0 Å². The van der Waals surface area contributed by atoms with Crippen LogP contribution in [0.15, 0.2) is 48.5 Å². The molecular formula is C24H32N2O5S. The van der Waals surface area contributed by atoms with Crippen molar-refractivity contribution in [3.05, 3.63) is 54.1 Å². The van der Waals surface area contributed by atoms with E-state index in [0.717, 1.165) is 34.7 Å². The van der Waals surface area contributed by atoms with Crippen LogP contribution in [0.25, 0.3) is 0 Å². The van der Waals surface area contributed by atoms with Crippen LogP contribution in [0.1, 0.15) is 51.6 Å². The number of sulfonamides is 1. The van der Waals surface area contributed by atoms with E-state index in [9.17, 15) is 13.2 Å². The summed E-state index contributed by atoms with van der Waals surface area (Å²) in [6, 6.07) is 14.2. The summed E-state index contributed by atoms with van der Waals surface area (Å²) in [5, 5.41) is 3.05. The molecule has 8 heteroatoms. The second-order valence-electron chi connectivity index (χ2n) is 8.05. The van der Waals surface area contributed by atoms with Gasteiger partial charge in [-0.25, -0.2) is 8.42 Å². The molecule has 2 aromatic rings. The lowest BCUT2D eigenvalue weighted by atomic mass is 9.83. The average Bonchev–Trinajstić information content (AvgIpc) is 2.77. The molecule has 0 saturated heterocycles. The van der Waals surface area contributed by atoms with Crippen LogP contribution >= 0.6 is 0 Å². The molecule has 0 bridgehead atoms. The van der Waals surface area contributed by atoms with Gasteiger partial charge in [-0.2, -0.15) is 0 Å². The van der Waals surface area contributed by atoms with E-state index in [0.29, 0.717) is 24.5 Å². The Hall–Kier alpha value is -2.74. The van der Waals surface area contributed by atoms with E-state index in [1.807, 2.05) is 31.2 Å². The zero-order chi connectivity index (χ0) is 23.4. The van der Waals surface area contributed by atoms with Crippen LogP contribution in [0, 0.1) is 0 Å². The van der Waals surface area contributed by atoms with E-state index in [1.54, 1.807) is 24.3 Å². The van der Waals surface area contributed by atoms with Crippen molar-refractivity contribution >= 4 is 21.6 Å². The zero-order valence-electron chi connectivity index (χ0n) is 19.1. The Balaban J connectivity index is 1.84. The van der Waals surface area contributed by atoms with E-state index in [2.05, 4.69) is 19.2 Å². The number of carbonyl (C=O) groups is 1. The van der Waals surface area contributed by atoms with Crippen molar-refractivity contribution in [2.75, 3.05) is 23.7 Å². The Morgan fingerprint density at radius 3 is 2.53 bits per heavy atom. The monoisotopic (exact) mass is 460 g/mol. The summed E-state index contributed by atoms with van der Waals surface area (Å²) in [6.45, 7) is 6.15. The van der Waals surface area contributed by atoms with Gasteiger partial charge in [-0.3, -0.25) is 9.10 Å². The van der Waals surface area contributed by atoms with Gasteiger partial charge < -0.3 is 14.8 Å². The number of ether oxygens (including phenoxy) is 2. The fourth-order valence-corrected chi connectivity index (χ4v) is 4.94. The molecule has 174 valence electrons. The third-order valence-corrected chi connectivity index (χ3v) is 7.07. The van der Waals surface area contributed by atoms with Crippen molar-refractivity contribution in [3.8, 4) is 11.5 Å². The van der Waals surface area contributed by atoms with Crippen LogP contribution in [0.5, 0.6) is 11.5 Å². The first kappa shape index (κ1) is 23.9. The van der Waals surface area contributed by atoms with Crippen LogP contribution in [-0.2, 0) is 14.8 Å². The van der Waals surface area contributed by atoms with Gasteiger partial charge in [0.15, 0.2) is 0 Å². The van der Waals surface area contributed by atoms with Gasteiger partial charge in [0, 0.05) is 18.1 Å². The molecule has 1 aliphatic heterocycles. The van der Waals surface area contributed by atoms with Crippen LogP contribution in [0.4, 0.5) is 5.69 Å². The lowest BCUT2D eigenvalue weighted by Crippen LogP contribution is -2.47. The second kappa shape index (κ2) is 9.81. The molecule has 1 N–H and O–H groups in total. The van der Waals surface area contributed by atoms with Crippen molar-refractivity contribution in [3.63, 3.8) is 0 Å². The molecular weight excluding hydrogens is 428 g/mol. The number of carbonyl (C=O) groups excluding carboxylic acids is 1. The Labute approximate surface area is 190 Å². The summed E-state index contributed by atoms with van der Waals surface area (Å²) in [7, 11) is -3.69. The van der Waals surface area contributed by atoms with Crippen LogP contribution in [0.2, 0.25) is 0 Å². The van der Waals surface area contributed by atoms with Gasteiger partial charge >= 0.3 is 0 Å². The lowest BCUT2D eigenvalue weighted by Gasteiger charge is -2.41. The largest absolute Gasteiger partial charge is 0.494 e. The summed E-state index contributed by atoms with van der Waals surface area (Å²) in [4.78, 5) is 13.1. The first-order chi connectivity index (χ1) is 15.2. The minimum Gasteiger partial charge on any atom is -0.494 e. The summed E-state index contributed by atoms with van der Waals surface area (Å²) in [5.74, 6) is 0.935. The minimum absolute atomic E-state index is 0.261. The molecule has 3 rings (SSSR count). The van der Waals surface area contributed by atoms with Crippen LogP contribution in [0.3, 0.4) is 0 Å². The molecule has 0 aliphatic carbocycles. The van der Waals surface area contributed by atoms with Gasteiger partial charge in [0.1, 0.15) is 23.6 Å². The van der Waals surface area contributed by atoms with E-state index in [-0.39, 0.29) is 24.1 Å². The molecule has 32 heavy (non-hydrogen) atoms. The first-order valence-corrected chi connectivity index (χ1v) is 12.8. The van der Waals surface area contributed by atoms with E-state index < -0.39 is 10.0 Å². The summed E-state index contributed by atoms with van der Waals surface area (Å²) in [5.41, 5.74) is 0.925. The normalized spacial score (nSPS) is 17.1. The number of benzene rings is 2. The number of amides is 1. The van der Waals surface area contributed by atoms with E-state index in [1.165, 1.54) is 0 Å². The highest BCUT2D eigenvalue weighted by atomic mass is 32.2. The maximum atomic E-state index is 13.1. The average molecular weight is 461 g/mol. The quantitative estimate of drug-likeness (QED) is 0.610. The molecule has 1 aliphatic rings. The molecule has 0 saturated carbocycles. The van der Waals surface area contributed by atoms with Crippen molar-refractivity contribution in [2.24, 2.45) is 0 Å². The Morgan fingerprint density at radius 1 is 1.16 bits per heavy atom. The molecule has 7 nitrogen and oxygen atoms in total. The standard InChI is InChI=1S/C24H32N2O5S/c1-5-24(6-2)16-21(20-13-8-9-14-22(20)31-24)25-23(27)17-26(32(4,28)29)18-11-10-12-19(15-18)30-7-3/h8-15,21H,5-7,16-17H2,1-4H3,(H,25,27)/t21-/m0/s1. The highest BCUT2D eigenvalue weighted by Gasteiger charge is 2.39. The Kier molecular flexibility index (Phi) is 7.33. The molecule has 0 radical (unpaired) electrons. The minimum atomic E-state index is -3.69. The van der Waals surface area contributed by atoms with Crippen molar-refractivity contribution in [1.29, 1.82) is 0 Å². The van der Waals surface area contributed by atoms with E-state index in [4.69, 9.17) is 9.47 Å². The third kappa shape index (κ3) is 5.35. The molecule has 2 aromatic carbocycles. The first-order valence-electron chi connectivity index (χ1n) is 11.0. The molecule has 1 heterocycles. The van der Waals surface area contributed by atoms with E-state index >= 15 is 0 Å². The Morgan fingerprint density at radius 2 is 1.88 bits per heavy atom. The van der Waals surface area contributed by atoms with Gasteiger partial charge in [-0.15, -0.1) is 0 Å². The Bertz CT molecular complexity index is 1050. The molecule has 1 atom stereocenters. The number of hydrogen-bond donors (Lipinski definition) is 1.